The minimum Gasteiger partial charge on any atom is -0.306 e. The van der Waals surface area contributed by atoms with E-state index >= 15 is 0 Å². The fraction of sp³-hybridized carbons (Fsp3) is 0.0690. The summed E-state index contributed by atoms with van der Waals surface area (Å²) >= 11 is 0. The van der Waals surface area contributed by atoms with Crippen LogP contribution >= 0.6 is 0 Å². The van der Waals surface area contributed by atoms with Crippen molar-refractivity contribution in [2.75, 3.05) is 5.32 Å². The predicted octanol–water partition coefficient (Wildman–Crippen LogP) is 5.88. The Morgan fingerprint density at radius 3 is 2.61 bits per heavy atom. The molecular weight excluding hydrogens is 448 g/mol. The molecule has 0 saturated heterocycles. The molecule has 36 heavy (non-hydrogen) atoms. The summed E-state index contributed by atoms with van der Waals surface area (Å²) in [6.07, 6.45) is 4.99. The molecule has 6 rings (SSSR count). The predicted molar refractivity (Wildman–Crippen MR) is 141 cm³/mol. The third kappa shape index (κ3) is 3.86. The summed E-state index contributed by atoms with van der Waals surface area (Å²) in [7, 11) is 0. The van der Waals surface area contributed by atoms with Gasteiger partial charge in [-0.3, -0.25) is 9.78 Å². The number of aryl methyl sites for hydroxylation is 2. The normalized spacial score (nSPS) is 11.2. The minimum absolute atomic E-state index is 0.274. The maximum absolute atomic E-state index is 13.0. The van der Waals surface area contributed by atoms with Gasteiger partial charge in [0.25, 0.3) is 5.91 Å². The summed E-state index contributed by atoms with van der Waals surface area (Å²) in [6.45, 7) is 4.18. The lowest BCUT2D eigenvalue weighted by molar-refractivity contribution is 0.102. The lowest BCUT2D eigenvalue weighted by Crippen LogP contribution is -2.13. The summed E-state index contributed by atoms with van der Waals surface area (Å²) in [5, 5.41) is 8.36. The Hall–Kier alpha value is -4.91. The van der Waals surface area contributed by atoms with Gasteiger partial charge in [-0.2, -0.15) is 5.10 Å². The fourth-order valence-corrected chi connectivity index (χ4v) is 4.27. The number of anilines is 1. The molecule has 4 heterocycles. The van der Waals surface area contributed by atoms with E-state index in [4.69, 9.17) is 4.98 Å². The first-order valence-electron chi connectivity index (χ1n) is 11.6. The number of aromatic nitrogens is 5. The highest BCUT2D eigenvalue weighted by Gasteiger charge is 2.18. The number of para-hydroxylation sites is 1. The van der Waals surface area contributed by atoms with E-state index in [1.807, 2.05) is 59.1 Å². The van der Waals surface area contributed by atoms with Crippen molar-refractivity contribution in [1.29, 1.82) is 0 Å². The van der Waals surface area contributed by atoms with Crippen LogP contribution in [0.2, 0.25) is 0 Å². The third-order valence-electron chi connectivity index (χ3n) is 6.30. The number of carbonyl (C=O) groups excluding carboxylic acids is 1. The van der Waals surface area contributed by atoms with Crippen molar-refractivity contribution < 1.29 is 4.79 Å². The van der Waals surface area contributed by atoms with Crippen LogP contribution in [-0.2, 0) is 0 Å². The van der Waals surface area contributed by atoms with Crippen molar-refractivity contribution in [2.24, 2.45) is 0 Å². The highest BCUT2D eigenvalue weighted by molar-refractivity contribution is 6.05. The van der Waals surface area contributed by atoms with Gasteiger partial charge in [-0.1, -0.05) is 30.3 Å². The molecule has 0 spiro atoms. The molecule has 174 valence electrons. The smallest absolute Gasteiger partial charge is 0.258 e. The lowest BCUT2D eigenvalue weighted by atomic mass is 10.0. The quantitative estimate of drug-likeness (QED) is 0.348. The van der Waals surface area contributed by atoms with E-state index in [1.165, 1.54) is 11.1 Å². The Balaban J connectivity index is 1.40. The first kappa shape index (κ1) is 21.6. The molecule has 0 unspecified atom stereocenters. The van der Waals surface area contributed by atoms with Crippen LogP contribution in [0.15, 0.2) is 91.4 Å². The van der Waals surface area contributed by atoms with Crippen LogP contribution in [0.1, 0.15) is 21.5 Å². The van der Waals surface area contributed by atoms with Crippen LogP contribution in [0.25, 0.3) is 39.1 Å². The molecule has 2 aromatic carbocycles. The third-order valence-corrected chi connectivity index (χ3v) is 6.30. The van der Waals surface area contributed by atoms with Crippen molar-refractivity contribution >= 4 is 28.3 Å². The highest BCUT2D eigenvalue weighted by atomic mass is 16.1. The van der Waals surface area contributed by atoms with Crippen LogP contribution in [-0.4, -0.2) is 30.5 Å². The summed E-state index contributed by atoms with van der Waals surface area (Å²) < 4.78 is 1.82. The van der Waals surface area contributed by atoms with Crippen LogP contribution in [0, 0.1) is 13.8 Å². The Kier molecular flexibility index (Phi) is 5.22. The average Bonchev–Trinajstić information content (AvgIpc) is 3.30. The molecule has 1 amide bonds. The van der Waals surface area contributed by atoms with E-state index in [2.05, 4.69) is 52.4 Å². The molecule has 1 N–H and O–H groups in total. The van der Waals surface area contributed by atoms with Crippen molar-refractivity contribution in [3.8, 4) is 22.5 Å². The maximum Gasteiger partial charge on any atom is 0.258 e. The Morgan fingerprint density at radius 1 is 0.833 bits per heavy atom. The molecule has 0 aliphatic carbocycles. The topological polar surface area (TPSA) is 85.1 Å². The van der Waals surface area contributed by atoms with Gasteiger partial charge in [-0.05, 0) is 67.4 Å². The number of benzene rings is 2. The van der Waals surface area contributed by atoms with Gasteiger partial charge in [0.1, 0.15) is 11.5 Å². The van der Waals surface area contributed by atoms with Crippen LogP contribution < -0.4 is 5.32 Å². The van der Waals surface area contributed by atoms with Crippen molar-refractivity contribution in [3.05, 3.63) is 108 Å². The van der Waals surface area contributed by atoms with Crippen LogP contribution in [0.3, 0.4) is 0 Å². The van der Waals surface area contributed by atoms with Crippen LogP contribution in [0.5, 0.6) is 0 Å². The summed E-state index contributed by atoms with van der Waals surface area (Å²) in [6, 6.07) is 23.4. The zero-order chi connectivity index (χ0) is 24.6. The number of nitrogens with one attached hydrogen (secondary N) is 1. The second-order valence-corrected chi connectivity index (χ2v) is 8.70. The number of hydrogen-bond donors (Lipinski definition) is 1. The Labute approximate surface area is 207 Å². The van der Waals surface area contributed by atoms with E-state index in [0.717, 1.165) is 39.1 Å². The van der Waals surface area contributed by atoms with E-state index in [9.17, 15) is 4.79 Å². The Bertz CT molecular complexity index is 1770. The van der Waals surface area contributed by atoms with Gasteiger partial charge in [0, 0.05) is 35.1 Å². The zero-order valence-electron chi connectivity index (χ0n) is 19.8. The number of fused-ring (bicyclic) bond motifs is 2. The molecule has 0 bridgehead atoms. The second kappa shape index (κ2) is 8.70. The zero-order valence-corrected chi connectivity index (χ0v) is 19.8. The first-order valence-corrected chi connectivity index (χ1v) is 11.6. The first-order chi connectivity index (χ1) is 17.6. The largest absolute Gasteiger partial charge is 0.306 e. The molecular formula is C29H22N6O. The number of nitrogens with zero attached hydrogens (tertiary/aromatic N) is 5. The van der Waals surface area contributed by atoms with E-state index in [1.54, 1.807) is 18.6 Å². The molecule has 0 saturated carbocycles. The standard InChI is InChI=1S/C29H22N6O/c1-18-9-10-21(14-19(18)2)27-28(35-26(34-27)8-5-12-32-35)22-11-13-30-25(16-22)33-29(36)23-15-20-6-3-4-7-24(20)31-17-23/h3-17H,1-2H3,(H,30,33,36). The number of hydrogen-bond acceptors (Lipinski definition) is 5. The molecule has 7 heteroatoms. The molecule has 0 aliphatic rings. The summed E-state index contributed by atoms with van der Waals surface area (Å²) in [5.41, 5.74) is 7.96. The maximum atomic E-state index is 13.0. The van der Waals surface area contributed by atoms with Crippen molar-refractivity contribution in [2.45, 2.75) is 13.8 Å². The van der Waals surface area contributed by atoms with E-state index in [0.29, 0.717) is 11.4 Å². The monoisotopic (exact) mass is 470 g/mol. The Morgan fingerprint density at radius 2 is 1.72 bits per heavy atom. The van der Waals surface area contributed by atoms with E-state index < -0.39 is 0 Å². The lowest BCUT2D eigenvalue weighted by Gasteiger charge is -2.09. The van der Waals surface area contributed by atoms with Gasteiger partial charge < -0.3 is 5.32 Å². The van der Waals surface area contributed by atoms with E-state index in [-0.39, 0.29) is 5.91 Å². The SMILES string of the molecule is Cc1ccc(-c2nc3cccnn3c2-c2ccnc(NC(=O)c3cnc4ccccc4c3)c2)cc1C. The number of carbonyl (C=O) groups is 1. The van der Waals surface area contributed by atoms with Crippen molar-refractivity contribution in [3.63, 3.8) is 0 Å². The molecule has 0 fully saturated rings. The van der Waals surface area contributed by atoms with Gasteiger partial charge in [-0.25, -0.2) is 14.5 Å². The van der Waals surface area contributed by atoms with Gasteiger partial charge >= 0.3 is 0 Å². The molecule has 0 aliphatic heterocycles. The number of rotatable bonds is 4. The molecule has 6 aromatic rings. The van der Waals surface area contributed by atoms with Crippen LogP contribution in [0.4, 0.5) is 5.82 Å². The minimum atomic E-state index is -0.274. The molecule has 0 radical (unpaired) electrons. The summed E-state index contributed by atoms with van der Waals surface area (Å²) in [4.78, 5) is 26.7. The number of pyridine rings is 2. The summed E-state index contributed by atoms with van der Waals surface area (Å²) in [5.74, 6) is 0.158. The van der Waals surface area contributed by atoms with Gasteiger partial charge in [0.15, 0.2) is 5.65 Å². The number of imidazole rings is 1. The van der Waals surface area contributed by atoms with Gasteiger partial charge in [0.05, 0.1) is 16.8 Å². The van der Waals surface area contributed by atoms with Crippen molar-refractivity contribution in [1.82, 2.24) is 24.6 Å². The van der Waals surface area contributed by atoms with Gasteiger partial charge in [0.2, 0.25) is 0 Å². The second-order valence-electron chi connectivity index (χ2n) is 8.70. The van der Waals surface area contributed by atoms with Gasteiger partial charge in [-0.15, -0.1) is 0 Å². The highest BCUT2D eigenvalue weighted by Crippen LogP contribution is 2.33. The average molecular weight is 471 g/mol. The molecule has 7 nitrogen and oxygen atoms in total. The number of amides is 1. The molecule has 0 atom stereocenters. The fourth-order valence-electron chi connectivity index (χ4n) is 4.27. The molecule has 4 aromatic heterocycles.